The third-order valence-corrected chi connectivity index (χ3v) is 11.1. The van der Waals surface area contributed by atoms with Gasteiger partial charge >= 0.3 is 5.97 Å². The van der Waals surface area contributed by atoms with Gasteiger partial charge in [0.2, 0.25) is 0 Å². The van der Waals surface area contributed by atoms with Gasteiger partial charge in [0.05, 0.1) is 17.3 Å². The molecule has 4 aromatic carbocycles. The average Bonchev–Trinajstić information content (AvgIpc) is 3.80. The van der Waals surface area contributed by atoms with E-state index in [0.29, 0.717) is 6.61 Å². The van der Waals surface area contributed by atoms with Crippen LogP contribution in [0.25, 0.3) is 12.2 Å². The van der Waals surface area contributed by atoms with Crippen molar-refractivity contribution in [2.75, 3.05) is 5.01 Å². The zero-order chi connectivity index (χ0) is 39.7. The molecule has 2 heterocycles. The number of rotatable bonds is 10. The number of carboxylic acid groups (broad SMARTS) is 1. The number of hydrogen-bond acceptors (Lipinski definition) is 6. The fourth-order valence-corrected chi connectivity index (χ4v) is 7.57. The number of carbonyl (C=O) groups is 1. The summed E-state index contributed by atoms with van der Waals surface area (Å²) in [5.41, 5.74) is 9.93. The van der Waals surface area contributed by atoms with E-state index in [-0.39, 0.29) is 27.9 Å². The molecule has 0 saturated carbocycles. The Balaban J connectivity index is 1.27. The lowest BCUT2D eigenvalue weighted by atomic mass is 9.79. The van der Waals surface area contributed by atoms with Crippen LogP contribution >= 0.6 is 11.3 Å². The van der Waals surface area contributed by atoms with Crippen LogP contribution in [0, 0.1) is 0 Å². The summed E-state index contributed by atoms with van der Waals surface area (Å²) in [5, 5.41) is 17.7. The van der Waals surface area contributed by atoms with E-state index >= 15 is 0 Å². The Kier molecular flexibility index (Phi) is 11.1. The molecule has 1 atom stereocenters. The number of aliphatic imine (C=N–C) groups is 1. The highest BCUT2D eigenvalue weighted by molar-refractivity contribution is 7.16. The molecule has 0 radical (unpaired) electrons. The molecule has 55 heavy (non-hydrogen) atoms. The number of thiophene rings is 1. The molecule has 1 N–H and O–H groups in total. The van der Waals surface area contributed by atoms with E-state index in [0.717, 1.165) is 55.7 Å². The first-order valence-corrected chi connectivity index (χ1v) is 19.7. The van der Waals surface area contributed by atoms with Crippen LogP contribution in [-0.2, 0) is 22.9 Å². The average molecular weight is 752 g/mol. The highest BCUT2D eigenvalue weighted by atomic mass is 32.1. The number of benzene rings is 4. The van der Waals surface area contributed by atoms with Crippen LogP contribution in [0.2, 0.25) is 0 Å². The summed E-state index contributed by atoms with van der Waals surface area (Å²) in [6, 6.07) is 33.1. The molecule has 1 unspecified atom stereocenters. The molecule has 7 heteroatoms. The number of hydrogen-bond donors (Lipinski definition) is 1. The topological polar surface area (TPSA) is 74.5 Å². The Hall–Kier alpha value is -5.27. The molecule has 284 valence electrons. The normalized spacial score (nSPS) is 15.0. The molecule has 5 aromatic rings. The summed E-state index contributed by atoms with van der Waals surface area (Å²) in [6.07, 6.45) is 4.80. The summed E-state index contributed by atoms with van der Waals surface area (Å²) in [5.74, 6) is -0.136. The summed E-state index contributed by atoms with van der Waals surface area (Å²) < 4.78 is 6.63. The van der Waals surface area contributed by atoms with Crippen molar-refractivity contribution in [1.82, 2.24) is 0 Å². The predicted octanol–water partition coefficient (Wildman–Crippen LogP) is 12.8. The molecular weight excluding hydrogens is 699 g/mol. The Bertz CT molecular complexity index is 2220. The van der Waals surface area contributed by atoms with Gasteiger partial charge in [-0.25, -0.2) is 9.80 Å². The zero-order valence-electron chi connectivity index (χ0n) is 33.6. The highest BCUT2D eigenvalue weighted by Gasteiger charge is 2.32. The lowest BCUT2D eigenvalue weighted by Gasteiger charge is -2.28. The molecule has 0 saturated heterocycles. The minimum absolute atomic E-state index is 0.0300. The van der Waals surface area contributed by atoms with Crippen molar-refractivity contribution in [2.45, 2.75) is 97.6 Å². The second-order valence-corrected chi connectivity index (χ2v) is 18.6. The lowest BCUT2D eigenvalue weighted by molar-refractivity contribution is 0.0697. The van der Waals surface area contributed by atoms with Crippen LogP contribution < -0.4 is 9.75 Å². The van der Waals surface area contributed by atoms with Crippen molar-refractivity contribution in [3.8, 4) is 5.75 Å². The summed E-state index contributed by atoms with van der Waals surface area (Å²) in [4.78, 5) is 16.7. The van der Waals surface area contributed by atoms with Crippen molar-refractivity contribution < 1.29 is 14.6 Å². The first-order chi connectivity index (χ1) is 25.9. The number of anilines is 1. The smallest absolute Gasteiger partial charge is 0.335 e. The van der Waals surface area contributed by atoms with Crippen molar-refractivity contribution >= 4 is 52.6 Å². The first-order valence-electron chi connectivity index (χ1n) is 18.9. The Labute approximate surface area is 330 Å². The van der Waals surface area contributed by atoms with Crippen molar-refractivity contribution in [3.05, 3.63) is 146 Å². The molecule has 0 spiro atoms. The van der Waals surface area contributed by atoms with Crippen LogP contribution in [0.5, 0.6) is 5.75 Å². The highest BCUT2D eigenvalue weighted by Crippen LogP contribution is 2.44. The minimum atomic E-state index is -0.926. The Morgan fingerprint density at radius 1 is 0.818 bits per heavy atom. The van der Waals surface area contributed by atoms with E-state index in [1.54, 1.807) is 23.5 Å². The molecular formula is C48H53N3O3S. The van der Waals surface area contributed by atoms with Crippen LogP contribution in [-0.4, -0.2) is 23.5 Å². The van der Waals surface area contributed by atoms with E-state index in [2.05, 4.69) is 152 Å². The Morgan fingerprint density at radius 3 is 1.96 bits per heavy atom. The largest absolute Gasteiger partial charge is 0.485 e. The van der Waals surface area contributed by atoms with Crippen molar-refractivity contribution in [2.24, 2.45) is 10.1 Å². The number of nitrogens with zero attached hydrogens (tertiary/aromatic N) is 3. The van der Waals surface area contributed by atoms with Gasteiger partial charge in [-0.05, 0) is 86.7 Å². The van der Waals surface area contributed by atoms with Gasteiger partial charge in [0.25, 0.3) is 0 Å². The molecule has 6 rings (SSSR count). The van der Waals surface area contributed by atoms with Gasteiger partial charge in [0, 0.05) is 16.9 Å². The maximum absolute atomic E-state index is 11.2. The zero-order valence-corrected chi connectivity index (χ0v) is 34.4. The van der Waals surface area contributed by atoms with E-state index in [1.165, 1.54) is 16.7 Å². The molecule has 0 fully saturated rings. The molecule has 0 amide bonds. The van der Waals surface area contributed by atoms with Crippen LogP contribution in [0.15, 0.2) is 107 Å². The van der Waals surface area contributed by atoms with Crippen molar-refractivity contribution in [1.29, 1.82) is 0 Å². The van der Waals surface area contributed by atoms with Gasteiger partial charge in [0.1, 0.15) is 23.0 Å². The van der Waals surface area contributed by atoms with E-state index < -0.39 is 5.97 Å². The number of aromatic carboxylic acids is 1. The van der Waals surface area contributed by atoms with Crippen LogP contribution in [0.1, 0.15) is 129 Å². The fourth-order valence-electron chi connectivity index (χ4n) is 6.65. The van der Waals surface area contributed by atoms with Gasteiger partial charge in [-0.15, -0.1) is 11.3 Å². The van der Waals surface area contributed by atoms with E-state index in [9.17, 15) is 9.90 Å². The van der Waals surface area contributed by atoms with Gasteiger partial charge in [-0.3, -0.25) is 4.99 Å². The van der Waals surface area contributed by atoms with Gasteiger partial charge in [-0.2, -0.15) is 5.10 Å². The summed E-state index contributed by atoms with van der Waals surface area (Å²) in [6.45, 7) is 24.3. The molecule has 1 aliphatic rings. The number of ether oxygens (including phenoxy) is 1. The van der Waals surface area contributed by atoms with Crippen molar-refractivity contribution in [3.63, 3.8) is 0 Å². The molecule has 1 aliphatic heterocycles. The quantitative estimate of drug-likeness (QED) is 0.114. The first kappa shape index (κ1) is 39.4. The second-order valence-electron chi connectivity index (χ2n) is 17.4. The standard InChI is InChI=1S/C48H53N3O3S/c1-46(2,3)36-23-21-34(22-24-36)42-29-40(33-17-13-31(14-18-33)11-12-32-15-19-35(20-16-32)45(52)53)50-51(42)43-26-25-38(55-43)30-54-44-39(48(7,8)9)27-37(47(4,5)6)28-41(44)49-10/h11-28,42H,10,29-30H2,1-9H3,(H,52,53)/b12-11+. The molecule has 0 aliphatic carbocycles. The molecule has 0 bridgehead atoms. The SMILES string of the molecule is C=Nc1cc(C(C)(C)C)cc(C(C)(C)C)c1OCc1ccc(N2N=C(c3ccc(/C=C/c4ccc(C(=O)O)cc4)cc3)CC2c2ccc(C(C)(C)C)cc2)s1. The van der Waals surface area contributed by atoms with Gasteiger partial charge < -0.3 is 9.84 Å². The Morgan fingerprint density at radius 2 is 1.42 bits per heavy atom. The summed E-state index contributed by atoms with van der Waals surface area (Å²) >= 11 is 1.70. The molecule has 1 aromatic heterocycles. The van der Waals surface area contributed by atoms with Gasteiger partial charge in [-0.1, -0.05) is 141 Å². The second kappa shape index (κ2) is 15.5. The van der Waals surface area contributed by atoms with E-state index in [4.69, 9.17) is 9.84 Å². The summed E-state index contributed by atoms with van der Waals surface area (Å²) in [7, 11) is 0. The predicted molar refractivity (Wildman–Crippen MR) is 232 cm³/mol. The number of carboxylic acids is 1. The monoisotopic (exact) mass is 751 g/mol. The number of hydrazone groups is 1. The third kappa shape index (κ3) is 9.17. The molecule has 6 nitrogen and oxygen atoms in total. The maximum Gasteiger partial charge on any atom is 0.335 e. The van der Waals surface area contributed by atoms with Gasteiger partial charge in [0.15, 0.2) is 0 Å². The van der Waals surface area contributed by atoms with E-state index in [1.807, 2.05) is 24.3 Å². The van der Waals surface area contributed by atoms with Crippen LogP contribution in [0.4, 0.5) is 10.7 Å². The van der Waals surface area contributed by atoms with Crippen LogP contribution in [0.3, 0.4) is 0 Å². The maximum atomic E-state index is 11.2. The third-order valence-electron chi connectivity index (χ3n) is 10.1. The fraction of sp³-hybridized carbons (Fsp3) is 0.312. The lowest BCUT2D eigenvalue weighted by Crippen LogP contribution is -2.18. The minimum Gasteiger partial charge on any atom is -0.485 e.